The molecule has 1 aliphatic heterocycles. The first-order valence-corrected chi connectivity index (χ1v) is 12.3. The Morgan fingerprint density at radius 3 is 2.09 bits per heavy atom. The average molecular weight is 459 g/mol. The third-order valence-electron chi connectivity index (χ3n) is 5.39. The Hall–Kier alpha value is -2.97. The molecule has 1 aromatic rings. The lowest BCUT2D eigenvalue weighted by atomic mass is 10.1. The molecule has 9 nitrogen and oxygen atoms in total. The van der Waals surface area contributed by atoms with Crippen LogP contribution in [0.4, 0.5) is 0 Å². The van der Waals surface area contributed by atoms with Crippen molar-refractivity contribution in [2.45, 2.75) is 57.8 Å². The molecule has 1 aliphatic rings. The number of nitrogens with two attached hydrogens (primary N) is 1. The SMILES string of the molecule is N=C(N)NCCCCCCCCCNC(=N)NCCCOc1ccc(C2=NCCCN2)cc1. The standard InChI is InChI=1S/C24H42N8O/c25-23(26)30-14-6-4-2-1-3-5-7-15-31-24(27)32-18-9-19-33-21-12-10-20(11-13-21)22-28-16-8-17-29-22/h10-13H,1-9,14-19H2,(H,28,29)(H4,25,26,30)(H3,27,31,32). The maximum absolute atomic E-state index is 7.94. The van der Waals surface area contributed by atoms with Gasteiger partial charge in [0.2, 0.25) is 0 Å². The monoisotopic (exact) mass is 458 g/mol. The van der Waals surface area contributed by atoms with Gasteiger partial charge in [0.15, 0.2) is 11.9 Å². The molecule has 0 saturated heterocycles. The summed E-state index contributed by atoms with van der Waals surface area (Å²) in [6.45, 7) is 4.82. The zero-order valence-electron chi connectivity index (χ0n) is 19.8. The highest BCUT2D eigenvalue weighted by molar-refractivity contribution is 5.99. The van der Waals surface area contributed by atoms with E-state index in [2.05, 4.69) is 26.3 Å². The summed E-state index contributed by atoms with van der Waals surface area (Å²) < 4.78 is 5.80. The van der Waals surface area contributed by atoms with Gasteiger partial charge < -0.3 is 31.7 Å². The van der Waals surface area contributed by atoms with Gasteiger partial charge in [0, 0.05) is 38.3 Å². The summed E-state index contributed by atoms with van der Waals surface area (Å²) in [5.74, 6) is 2.27. The van der Waals surface area contributed by atoms with Crippen LogP contribution in [0.25, 0.3) is 0 Å². The van der Waals surface area contributed by atoms with Crippen LogP contribution in [0, 0.1) is 10.8 Å². The molecule has 8 N–H and O–H groups in total. The van der Waals surface area contributed by atoms with Crippen LogP contribution in [0.2, 0.25) is 0 Å². The van der Waals surface area contributed by atoms with E-state index < -0.39 is 0 Å². The summed E-state index contributed by atoms with van der Waals surface area (Å²) in [5, 5.41) is 27.4. The van der Waals surface area contributed by atoms with E-state index in [0.29, 0.717) is 19.1 Å². The van der Waals surface area contributed by atoms with Gasteiger partial charge in [-0.15, -0.1) is 0 Å². The van der Waals surface area contributed by atoms with Crippen LogP contribution in [0.3, 0.4) is 0 Å². The van der Waals surface area contributed by atoms with Crippen molar-refractivity contribution >= 4 is 17.8 Å². The maximum Gasteiger partial charge on any atom is 0.188 e. The fraction of sp³-hybridized carbons (Fsp3) is 0.625. The first-order chi connectivity index (χ1) is 16.1. The fourth-order valence-electron chi connectivity index (χ4n) is 3.54. The highest BCUT2D eigenvalue weighted by atomic mass is 16.5. The number of rotatable bonds is 16. The lowest BCUT2D eigenvalue weighted by molar-refractivity contribution is 0.311. The second kappa shape index (κ2) is 16.6. The lowest BCUT2D eigenvalue weighted by Crippen LogP contribution is -2.37. The third-order valence-corrected chi connectivity index (χ3v) is 5.39. The van der Waals surface area contributed by atoms with Crippen molar-refractivity contribution in [2.24, 2.45) is 10.7 Å². The van der Waals surface area contributed by atoms with E-state index >= 15 is 0 Å². The second-order valence-corrected chi connectivity index (χ2v) is 8.28. The van der Waals surface area contributed by atoms with Crippen LogP contribution in [0.1, 0.15) is 63.4 Å². The Labute approximate surface area is 198 Å². The highest BCUT2D eigenvalue weighted by Gasteiger charge is 2.06. The predicted octanol–water partition coefficient (Wildman–Crippen LogP) is 2.52. The number of hydrogen-bond acceptors (Lipinski definition) is 5. The Balaban J connectivity index is 1.38. The molecule has 2 rings (SSSR count). The molecule has 0 unspecified atom stereocenters. The number of nitrogens with zero attached hydrogens (tertiary/aromatic N) is 1. The molecule has 0 bridgehead atoms. The minimum Gasteiger partial charge on any atom is -0.494 e. The summed E-state index contributed by atoms with van der Waals surface area (Å²) >= 11 is 0. The summed E-state index contributed by atoms with van der Waals surface area (Å²) in [7, 11) is 0. The largest absolute Gasteiger partial charge is 0.494 e. The van der Waals surface area contributed by atoms with Crippen molar-refractivity contribution < 1.29 is 4.74 Å². The topological polar surface area (TPSA) is 143 Å². The van der Waals surface area contributed by atoms with Gasteiger partial charge in [-0.1, -0.05) is 32.1 Å². The second-order valence-electron chi connectivity index (χ2n) is 8.28. The molecule has 33 heavy (non-hydrogen) atoms. The summed E-state index contributed by atoms with van der Waals surface area (Å²) in [6, 6.07) is 8.05. The van der Waals surface area contributed by atoms with Gasteiger partial charge >= 0.3 is 0 Å². The zero-order chi connectivity index (χ0) is 23.6. The Kier molecular flexibility index (Phi) is 13.2. The molecule has 0 radical (unpaired) electrons. The van der Waals surface area contributed by atoms with Crippen LogP contribution >= 0.6 is 0 Å². The number of hydrogen-bond donors (Lipinski definition) is 7. The van der Waals surface area contributed by atoms with Crippen LogP contribution < -0.4 is 31.7 Å². The van der Waals surface area contributed by atoms with Crippen molar-refractivity contribution in [2.75, 3.05) is 39.3 Å². The Bertz CT molecular complexity index is 720. The van der Waals surface area contributed by atoms with Crippen LogP contribution in [0.15, 0.2) is 29.3 Å². The van der Waals surface area contributed by atoms with Crippen molar-refractivity contribution in [3.63, 3.8) is 0 Å². The minimum absolute atomic E-state index is 0.0561. The van der Waals surface area contributed by atoms with Crippen molar-refractivity contribution in [3.05, 3.63) is 29.8 Å². The molecule has 0 saturated carbocycles. The summed E-state index contributed by atoms with van der Waals surface area (Å²) in [6.07, 6.45) is 10.1. The van der Waals surface area contributed by atoms with E-state index in [9.17, 15) is 0 Å². The first kappa shape index (κ1) is 26.3. The molecule has 1 aromatic carbocycles. The van der Waals surface area contributed by atoms with Gasteiger partial charge in [0.25, 0.3) is 0 Å². The number of ether oxygens (including phenoxy) is 1. The number of amidine groups is 1. The molecule has 0 aromatic heterocycles. The number of aliphatic imine (C=N–C) groups is 1. The molecule has 184 valence electrons. The van der Waals surface area contributed by atoms with Crippen LogP contribution in [0.5, 0.6) is 5.75 Å². The van der Waals surface area contributed by atoms with E-state index in [4.69, 9.17) is 21.3 Å². The smallest absolute Gasteiger partial charge is 0.188 e. The molecule has 0 atom stereocenters. The summed E-state index contributed by atoms with van der Waals surface area (Å²) in [5.41, 5.74) is 6.34. The summed E-state index contributed by atoms with van der Waals surface area (Å²) in [4.78, 5) is 4.51. The van der Waals surface area contributed by atoms with Crippen molar-refractivity contribution in [1.29, 1.82) is 10.8 Å². The third kappa shape index (κ3) is 12.6. The quantitative estimate of drug-likeness (QED) is 0.115. The predicted molar refractivity (Wildman–Crippen MR) is 137 cm³/mol. The highest BCUT2D eigenvalue weighted by Crippen LogP contribution is 2.13. The van der Waals surface area contributed by atoms with Gasteiger partial charge in [0.1, 0.15) is 11.6 Å². The molecule has 9 heteroatoms. The van der Waals surface area contributed by atoms with Crippen LogP contribution in [-0.2, 0) is 0 Å². The van der Waals surface area contributed by atoms with Gasteiger partial charge in [-0.2, -0.15) is 0 Å². The number of guanidine groups is 2. The van der Waals surface area contributed by atoms with E-state index in [1.54, 1.807) is 0 Å². The number of unbranched alkanes of at least 4 members (excludes halogenated alkanes) is 6. The Morgan fingerprint density at radius 1 is 0.879 bits per heavy atom. The zero-order valence-corrected chi connectivity index (χ0v) is 19.8. The van der Waals surface area contributed by atoms with E-state index in [0.717, 1.165) is 69.0 Å². The van der Waals surface area contributed by atoms with Gasteiger partial charge in [-0.3, -0.25) is 15.8 Å². The molecule has 0 amide bonds. The van der Waals surface area contributed by atoms with Crippen LogP contribution in [-0.4, -0.2) is 57.1 Å². The van der Waals surface area contributed by atoms with E-state index in [1.807, 2.05) is 24.3 Å². The Morgan fingerprint density at radius 2 is 1.48 bits per heavy atom. The maximum atomic E-state index is 7.94. The molecule has 0 aliphatic carbocycles. The molecule has 0 fully saturated rings. The molecule has 0 spiro atoms. The average Bonchev–Trinajstić information content (AvgIpc) is 2.83. The minimum atomic E-state index is 0.0561. The first-order valence-electron chi connectivity index (χ1n) is 12.3. The lowest BCUT2D eigenvalue weighted by Gasteiger charge is -2.15. The van der Waals surface area contributed by atoms with Gasteiger partial charge in [0.05, 0.1) is 6.61 Å². The molecular weight excluding hydrogens is 416 g/mol. The fourth-order valence-corrected chi connectivity index (χ4v) is 3.54. The van der Waals surface area contributed by atoms with E-state index in [-0.39, 0.29) is 5.96 Å². The van der Waals surface area contributed by atoms with E-state index in [1.165, 1.54) is 32.1 Å². The number of benzene rings is 1. The van der Waals surface area contributed by atoms with Gasteiger partial charge in [-0.05, 0) is 49.9 Å². The normalized spacial score (nSPS) is 12.9. The molecule has 1 heterocycles. The number of nitrogens with one attached hydrogen (secondary N) is 6. The van der Waals surface area contributed by atoms with Gasteiger partial charge in [-0.25, -0.2) is 0 Å². The van der Waals surface area contributed by atoms with Crippen molar-refractivity contribution in [1.82, 2.24) is 21.3 Å². The van der Waals surface area contributed by atoms with Crippen molar-refractivity contribution in [3.8, 4) is 5.75 Å². The molecular formula is C24H42N8O.